The summed E-state index contributed by atoms with van der Waals surface area (Å²) >= 11 is 2.19. The maximum atomic E-state index is 4.97. The number of hydrogen-bond donors (Lipinski definition) is 1. The molecule has 7 heavy (non-hydrogen) atoms. The quantitative estimate of drug-likeness (QED) is 0.178. The molecule has 0 unspecified atom stereocenters. The topological polar surface area (TPSA) is 41.6 Å². The second kappa shape index (κ2) is 4.17. The van der Waals surface area contributed by atoms with E-state index in [2.05, 4.69) is 27.7 Å². The molecule has 0 fully saturated rings. The lowest BCUT2D eigenvalue weighted by atomic mass is 11.1. The molecule has 0 saturated heterocycles. The first kappa shape index (κ1) is 7.00. The molecule has 0 radical (unpaired) electrons. The second-order valence-electron chi connectivity index (χ2n) is 1.04. The zero-order valence-electron chi connectivity index (χ0n) is 4.13. The van der Waals surface area contributed by atoms with E-state index < -0.39 is 0 Å². The van der Waals surface area contributed by atoms with Gasteiger partial charge in [0.15, 0.2) is 0 Å². The Balaban J connectivity index is 3.16. The molecule has 0 heterocycles. The summed E-state index contributed by atoms with van der Waals surface area (Å²) in [6.07, 6.45) is 1.28. The van der Waals surface area contributed by atoms with Crippen molar-refractivity contribution in [1.29, 1.82) is 0 Å². The molecular formula is C3H8IN3. The van der Waals surface area contributed by atoms with E-state index in [0.717, 1.165) is 4.55 Å². The number of nitrogens with two attached hydrogens (primary N) is 1. The summed E-state index contributed by atoms with van der Waals surface area (Å²) in [7, 11) is 1.86. The number of rotatable bonds is 2. The molecule has 0 amide bonds. The lowest BCUT2D eigenvalue weighted by Crippen LogP contribution is -2.09. The molecule has 0 aliphatic carbocycles. The number of hydrogen-bond acceptors (Lipinski definition) is 2. The summed E-state index contributed by atoms with van der Waals surface area (Å²) in [6, 6.07) is 0. The molecule has 0 spiro atoms. The van der Waals surface area contributed by atoms with Crippen LogP contribution >= 0.6 is 22.6 Å². The fourth-order valence-corrected chi connectivity index (χ4v) is 0.321. The Labute approximate surface area is 56.7 Å². The molecule has 0 aliphatic heterocycles. The average molecular weight is 213 g/mol. The minimum atomic E-state index is 0.867. The van der Waals surface area contributed by atoms with Crippen LogP contribution < -0.4 is 5.73 Å². The summed E-state index contributed by atoms with van der Waals surface area (Å²) < 4.78 is 0.867. The van der Waals surface area contributed by atoms with Gasteiger partial charge in [-0.15, -0.1) is 0 Å². The zero-order valence-corrected chi connectivity index (χ0v) is 6.29. The highest BCUT2D eigenvalue weighted by Gasteiger charge is 1.79. The van der Waals surface area contributed by atoms with E-state index in [1.165, 1.54) is 6.34 Å². The van der Waals surface area contributed by atoms with Gasteiger partial charge in [-0.3, -0.25) is 5.01 Å². The normalized spacial score (nSPS) is 10.0. The minimum Gasteiger partial charge on any atom is -0.388 e. The second-order valence-corrected chi connectivity index (χ2v) is 1.72. The van der Waals surface area contributed by atoms with Crippen molar-refractivity contribution in [3.05, 3.63) is 0 Å². The lowest BCUT2D eigenvalue weighted by Gasteiger charge is -2.04. The molecule has 0 aliphatic rings. The van der Waals surface area contributed by atoms with Gasteiger partial charge in [-0.2, -0.15) is 5.10 Å². The van der Waals surface area contributed by atoms with Crippen LogP contribution in [0.5, 0.6) is 0 Å². The van der Waals surface area contributed by atoms with Crippen molar-refractivity contribution in [2.75, 3.05) is 11.6 Å². The molecule has 0 aromatic carbocycles. The van der Waals surface area contributed by atoms with Gasteiger partial charge in [0.2, 0.25) is 0 Å². The highest BCUT2D eigenvalue weighted by atomic mass is 127. The molecule has 0 rings (SSSR count). The average Bonchev–Trinajstić information content (AvgIpc) is 1.68. The first-order valence-electron chi connectivity index (χ1n) is 1.82. The van der Waals surface area contributed by atoms with Gasteiger partial charge in [0.1, 0.15) is 6.34 Å². The van der Waals surface area contributed by atoms with Crippen molar-refractivity contribution in [3.8, 4) is 0 Å². The highest BCUT2D eigenvalue weighted by molar-refractivity contribution is 14.1. The summed E-state index contributed by atoms with van der Waals surface area (Å²) in [4.78, 5) is 0. The monoisotopic (exact) mass is 213 g/mol. The third-order valence-electron chi connectivity index (χ3n) is 0.437. The maximum Gasteiger partial charge on any atom is 0.106 e. The molecule has 0 atom stereocenters. The van der Waals surface area contributed by atoms with Gasteiger partial charge in [-0.25, -0.2) is 0 Å². The van der Waals surface area contributed by atoms with Crippen molar-refractivity contribution >= 4 is 28.9 Å². The van der Waals surface area contributed by atoms with Crippen molar-refractivity contribution in [3.63, 3.8) is 0 Å². The minimum absolute atomic E-state index is 0.867. The third kappa shape index (κ3) is 3.84. The van der Waals surface area contributed by atoms with Crippen LogP contribution in [0.15, 0.2) is 5.10 Å². The van der Waals surface area contributed by atoms with Gasteiger partial charge in [-0.05, 0) is 0 Å². The maximum absolute atomic E-state index is 4.97. The predicted octanol–water partition coefficient (Wildman–Crippen LogP) is 0.213. The van der Waals surface area contributed by atoms with E-state index in [1.807, 2.05) is 7.05 Å². The summed E-state index contributed by atoms with van der Waals surface area (Å²) in [6.45, 7) is 0. The van der Waals surface area contributed by atoms with Gasteiger partial charge in [-0.1, -0.05) is 22.6 Å². The fraction of sp³-hybridized carbons (Fsp3) is 0.667. The molecule has 2 N–H and O–H groups in total. The molecular weight excluding hydrogens is 205 g/mol. The van der Waals surface area contributed by atoms with Crippen molar-refractivity contribution < 1.29 is 0 Å². The van der Waals surface area contributed by atoms with E-state index in [1.54, 1.807) is 5.01 Å². The van der Waals surface area contributed by atoms with Gasteiger partial charge >= 0.3 is 0 Å². The van der Waals surface area contributed by atoms with Crippen LogP contribution in [0.3, 0.4) is 0 Å². The lowest BCUT2D eigenvalue weighted by molar-refractivity contribution is 0.431. The van der Waals surface area contributed by atoms with Crippen LogP contribution in [-0.4, -0.2) is 22.9 Å². The molecule has 42 valence electrons. The van der Waals surface area contributed by atoms with Crippen molar-refractivity contribution in [1.82, 2.24) is 5.01 Å². The number of alkyl halides is 1. The molecule has 3 nitrogen and oxygen atoms in total. The van der Waals surface area contributed by atoms with Gasteiger partial charge < -0.3 is 5.73 Å². The van der Waals surface area contributed by atoms with Crippen LogP contribution in [-0.2, 0) is 0 Å². The van der Waals surface area contributed by atoms with Crippen LogP contribution in [0, 0.1) is 0 Å². The van der Waals surface area contributed by atoms with E-state index in [9.17, 15) is 0 Å². The molecule has 4 heteroatoms. The summed E-state index contributed by atoms with van der Waals surface area (Å²) in [5, 5.41) is 5.46. The fourth-order valence-electron chi connectivity index (χ4n) is 0.145. The Morgan fingerprint density at radius 2 is 2.57 bits per heavy atom. The smallest absolute Gasteiger partial charge is 0.106 e. The summed E-state index contributed by atoms with van der Waals surface area (Å²) in [5.41, 5.74) is 4.97. The van der Waals surface area contributed by atoms with E-state index in [4.69, 9.17) is 5.73 Å². The number of halogens is 1. The van der Waals surface area contributed by atoms with E-state index in [0.29, 0.717) is 0 Å². The van der Waals surface area contributed by atoms with Crippen molar-refractivity contribution in [2.24, 2.45) is 10.8 Å². The van der Waals surface area contributed by atoms with E-state index in [-0.39, 0.29) is 0 Å². The van der Waals surface area contributed by atoms with Crippen LogP contribution in [0.2, 0.25) is 0 Å². The SMILES string of the molecule is CN(CI)/N=C\N. The Hall–Kier alpha value is 0. The van der Waals surface area contributed by atoms with Gasteiger partial charge in [0, 0.05) is 7.05 Å². The standard InChI is InChI=1S/C3H8IN3/c1-7(2-4)6-3-5/h3H,2H2,1H3,(H2,5,6). The third-order valence-corrected chi connectivity index (χ3v) is 1.42. The Morgan fingerprint density at radius 3 is 2.71 bits per heavy atom. The zero-order chi connectivity index (χ0) is 5.70. The van der Waals surface area contributed by atoms with Gasteiger partial charge in [0.05, 0.1) is 4.55 Å². The number of hydrazone groups is 1. The first-order valence-corrected chi connectivity index (χ1v) is 3.35. The Morgan fingerprint density at radius 1 is 2.00 bits per heavy atom. The van der Waals surface area contributed by atoms with Crippen LogP contribution in [0.25, 0.3) is 0 Å². The first-order chi connectivity index (χ1) is 3.31. The predicted molar refractivity (Wildman–Crippen MR) is 39.3 cm³/mol. The largest absolute Gasteiger partial charge is 0.388 e. The van der Waals surface area contributed by atoms with Gasteiger partial charge in [0.25, 0.3) is 0 Å². The molecule has 0 aromatic heterocycles. The molecule has 0 saturated carbocycles. The Kier molecular flexibility index (Phi) is 4.17. The van der Waals surface area contributed by atoms with Crippen LogP contribution in [0.1, 0.15) is 0 Å². The molecule has 0 aromatic rings. The number of nitrogens with zero attached hydrogens (tertiary/aromatic N) is 2. The summed E-state index contributed by atoms with van der Waals surface area (Å²) in [5.74, 6) is 0. The van der Waals surface area contributed by atoms with E-state index >= 15 is 0 Å². The van der Waals surface area contributed by atoms with Crippen molar-refractivity contribution in [2.45, 2.75) is 0 Å². The Bertz CT molecular complexity index is 63.2. The molecule has 0 bridgehead atoms. The van der Waals surface area contributed by atoms with Crippen LogP contribution in [0.4, 0.5) is 0 Å². The highest BCUT2D eigenvalue weighted by Crippen LogP contribution is 1.86.